The first kappa shape index (κ1) is 23.5. The monoisotopic (exact) mass is 491 g/mol. The summed E-state index contributed by atoms with van der Waals surface area (Å²) in [5, 5.41) is 15.5. The van der Waals surface area contributed by atoms with E-state index in [2.05, 4.69) is 20.8 Å². The number of para-hydroxylation sites is 1. The third-order valence-electron chi connectivity index (χ3n) is 4.89. The van der Waals surface area contributed by atoms with Gasteiger partial charge in [-0.3, -0.25) is 14.2 Å². The summed E-state index contributed by atoms with van der Waals surface area (Å²) in [6, 6.07) is 26.0. The van der Waals surface area contributed by atoms with Crippen LogP contribution in [0.15, 0.2) is 90.1 Å². The number of thioether (sulfide) groups is 1. The summed E-state index contributed by atoms with van der Waals surface area (Å²) in [5.74, 6) is 0.401. The van der Waals surface area contributed by atoms with Crippen LogP contribution in [0.25, 0.3) is 5.69 Å². The van der Waals surface area contributed by atoms with Gasteiger partial charge in [-0.2, -0.15) is 0 Å². The van der Waals surface area contributed by atoms with E-state index in [1.165, 1.54) is 11.8 Å². The van der Waals surface area contributed by atoms with E-state index in [4.69, 9.17) is 11.6 Å². The second kappa shape index (κ2) is 11.5. The lowest BCUT2D eigenvalue weighted by molar-refractivity contribution is -0.118. The summed E-state index contributed by atoms with van der Waals surface area (Å²) in [5.41, 5.74) is 2.38. The molecule has 0 bridgehead atoms. The number of carbonyl (C=O) groups excluding carboxylic acids is 2. The molecule has 0 spiro atoms. The quantitative estimate of drug-likeness (QED) is 0.341. The van der Waals surface area contributed by atoms with Gasteiger partial charge in [0.2, 0.25) is 5.91 Å². The molecule has 0 aliphatic rings. The first-order valence-electron chi connectivity index (χ1n) is 10.6. The fraction of sp³-hybridized carbons (Fsp3) is 0.120. The number of aromatic nitrogens is 3. The molecule has 0 aliphatic carbocycles. The molecule has 2 N–H and O–H groups in total. The highest BCUT2D eigenvalue weighted by molar-refractivity contribution is 7.99. The Labute approximate surface area is 206 Å². The molecule has 0 aliphatic heterocycles. The van der Waals surface area contributed by atoms with Crippen LogP contribution in [0.1, 0.15) is 21.7 Å². The second-order valence-electron chi connectivity index (χ2n) is 7.31. The van der Waals surface area contributed by atoms with Crippen molar-refractivity contribution >= 4 is 35.2 Å². The van der Waals surface area contributed by atoms with E-state index < -0.39 is 0 Å². The van der Waals surface area contributed by atoms with Gasteiger partial charge in [-0.15, -0.1) is 10.2 Å². The lowest BCUT2D eigenvalue weighted by Crippen LogP contribution is -2.25. The van der Waals surface area contributed by atoms with E-state index in [9.17, 15) is 9.59 Å². The normalized spacial score (nSPS) is 10.6. The highest BCUT2D eigenvalue weighted by Gasteiger charge is 2.17. The molecule has 9 heteroatoms. The first-order chi connectivity index (χ1) is 16.6. The number of benzene rings is 3. The topological polar surface area (TPSA) is 88.9 Å². The van der Waals surface area contributed by atoms with Crippen LogP contribution >= 0.6 is 23.4 Å². The number of nitrogens with zero attached hydrogens (tertiary/aromatic N) is 3. The molecular weight excluding hydrogens is 470 g/mol. The molecule has 3 aromatic carbocycles. The average Bonchev–Trinajstić information content (AvgIpc) is 3.29. The van der Waals surface area contributed by atoms with Crippen molar-refractivity contribution in [2.75, 3.05) is 5.75 Å². The first-order valence-corrected chi connectivity index (χ1v) is 11.9. The summed E-state index contributed by atoms with van der Waals surface area (Å²) < 4.78 is 1.84. The van der Waals surface area contributed by atoms with Crippen LogP contribution in [0, 0.1) is 0 Å². The fourth-order valence-electron chi connectivity index (χ4n) is 3.18. The Kier molecular flexibility index (Phi) is 7.95. The predicted octanol–water partition coefficient (Wildman–Crippen LogP) is 4.26. The summed E-state index contributed by atoms with van der Waals surface area (Å²) in [7, 11) is 0. The molecule has 4 aromatic rings. The molecule has 1 aromatic heterocycles. The van der Waals surface area contributed by atoms with Gasteiger partial charge < -0.3 is 10.6 Å². The molecule has 34 heavy (non-hydrogen) atoms. The Hall–Kier alpha value is -3.62. The van der Waals surface area contributed by atoms with Crippen molar-refractivity contribution in [1.29, 1.82) is 0 Å². The zero-order valence-electron chi connectivity index (χ0n) is 18.1. The highest BCUT2D eigenvalue weighted by Crippen LogP contribution is 2.22. The van der Waals surface area contributed by atoms with Gasteiger partial charge in [0, 0.05) is 22.8 Å². The largest absolute Gasteiger partial charge is 0.351 e. The van der Waals surface area contributed by atoms with Crippen molar-refractivity contribution in [3.05, 3.63) is 107 Å². The molecule has 0 radical (unpaired) electrons. The van der Waals surface area contributed by atoms with Gasteiger partial charge in [0.25, 0.3) is 5.91 Å². The third kappa shape index (κ3) is 6.24. The van der Waals surface area contributed by atoms with Gasteiger partial charge in [-0.25, -0.2) is 0 Å². The Morgan fingerprint density at radius 2 is 1.50 bits per heavy atom. The van der Waals surface area contributed by atoms with Gasteiger partial charge in [0.1, 0.15) is 0 Å². The number of nitrogens with one attached hydrogen (secondary N) is 2. The standard InChI is InChI=1S/C25H22ClN5O2S/c26-20-13-11-19(12-14-20)24(33)28-16-22-29-30-25(31(22)21-9-5-2-6-10-21)34-17-23(32)27-15-18-7-3-1-4-8-18/h1-14H,15-17H2,(H,27,32)(H,28,33). The maximum Gasteiger partial charge on any atom is 0.251 e. The van der Waals surface area contributed by atoms with Crippen molar-refractivity contribution < 1.29 is 9.59 Å². The SMILES string of the molecule is O=C(CSc1nnc(CNC(=O)c2ccc(Cl)cc2)n1-c1ccccc1)NCc1ccccc1. The van der Waals surface area contributed by atoms with E-state index in [0.717, 1.165) is 11.3 Å². The van der Waals surface area contributed by atoms with Gasteiger partial charge in [0.15, 0.2) is 11.0 Å². The minimum absolute atomic E-state index is 0.103. The molecule has 2 amide bonds. The van der Waals surface area contributed by atoms with Crippen molar-refractivity contribution in [1.82, 2.24) is 25.4 Å². The second-order valence-corrected chi connectivity index (χ2v) is 8.69. The zero-order chi connectivity index (χ0) is 23.8. The smallest absolute Gasteiger partial charge is 0.251 e. The molecular formula is C25H22ClN5O2S. The number of hydrogen-bond donors (Lipinski definition) is 2. The Morgan fingerprint density at radius 3 is 2.21 bits per heavy atom. The molecule has 0 saturated heterocycles. The fourth-order valence-corrected chi connectivity index (χ4v) is 4.11. The summed E-state index contributed by atoms with van der Waals surface area (Å²) in [6.07, 6.45) is 0. The molecule has 172 valence electrons. The van der Waals surface area contributed by atoms with E-state index in [-0.39, 0.29) is 24.1 Å². The minimum Gasteiger partial charge on any atom is -0.351 e. The number of rotatable bonds is 9. The van der Waals surface area contributed by atoms with Crippen LogP contribution in [0.5, 0.6) is 0 Å². The van der Waals surface area contributed by atoms with Gasteiger partial charge in [0.05, 0.1) is 12.3 Å². The van der Waals surface area contributed by atoms with Crippen LogP contribution in [-0.2, 0) is 17.9 Å². The molecule has 0 saturated carbocycles. The molecule has 0 atom stereocenters. The van der Waals surface area contributed by atoms with Crippen molar-refractivity contribution in [3.63, 3.8) is 0 Å². The van der Waals surface area contributed by atoms with Crippen LogP contribution in [0.2, 0.25) is 5.02 Å². The maximum atomic E-state index is 12.5. The molecule has 0 fully saturated rings. The molecule has 4 rings (SSSR count). The lowest BCUT2D eigenvalue weighted by Gasteiger charge is -2.11. The molecule has 7 nitrogen and oxygen atoms in total. The number of carbonyl (C=O) groups is 2. The lowest BCUT2D eigenvalue weighted by atomic mass is 10.2. The number of halogens is 1. The van der Waals surface area contributed by atoms with Gasteiger partial charge >= 0.3 is 0 Å². The van der Waals surface area contributed by atoms with E-state index >= 15 is 0 Å². The van der Waals surface area contributed by atoms with Gasteiger partial charge in [-0.1, -0.05) is 71.9 Å². The van der Waals surface area contributed by atoms with Crippen molar-refractivity contribution in [3.8, 4) is 5.69 Å². The van der Waals surface area contributed by atoms with Crippen molar-refractivity contribution in [2.45, 2.75) is 18.2 Å². The maximum absolute atomic E-state index is 12.5. The van der Waals surface area contributed by atoms with E-state index in [0.29, 0.717) is 28.1 Å². The Balaban J connectivity index is 1.43. The van der Waals surface area contributed by atoms with E-state index in [1.54, 1.807) is 24.3 Å². The Bertz CT molecular complexity index is 1250. The number of hydrogen-bond acceptors (Lipinski definition) is 5. The molecule has 1 heterocycles. The molecule has 0 unspecified atom stereocenters. The van der Waals surface area contributed by atoms with Crippen LogP contribution in [-0.4, -0.2) is 32.3 Å². The average molecular weight is 492 g/mol. The third-order valence-corrected chi connectivity index (χ3v) is 6.07. The van der Waals surface area contributed by atoms with Crippen LogP contribution < -0.4 is 10.6 Å². The summed E-state index contributed by atoms with van der Waals surface area (Å²) >= 11 is 7.19. The van der Waals surface area contributed by atoms with Gasteiger partial charge in [-0.05, 0) is 42.0 Å². The van der Waals surface area contributed by atoms with E-state index in [1.807, 2.05) is 65.2 Å². The summed E-state index contributed by atoms with van der Waals surface area (Å²) in [6.45, 7) is 0.637. The Morgan fingerprint density at radius 1 is 0.824 bits per heavy atom. The van der Waals surface area contributed by atoms with Crippen LogP contribution in [0.3, 0.4) is 0 Å². The number of amides is 2. The summed E-state index contributed by atoms with van der Waals surface area (Å²) in [4.78, 5) is 24.9. The predicted molar refractivity (Wildman–Crippen MR) is 133 cm³/mol. The minimum atomic E-state index is -0.242. The highest BCUT2D eigenvalue weighted by atomic mass is 35.5. The van der Waals surface area contributed by atoms with Crippen molar-refractivity contribution in [2.24, 2.45) is 0 Å². The van der Waals surface area contributed by atoms with Crippen LogP contribution in [0.4, 0.5) is 0 Å². The zero-order valence-corrected chi connectivity index (χ0v) is 19.7.